The maximum absolute atomic E-state index is 12.2. The first-order valence-corrected chi connectivity index (χ1v) is 8.61. The SMILES string of the molecule is CCCc1nc(N2C[C@H]3C[C@H](C2)[C@@H]2CCCC(=O)N2C3)no1. The molecule has 6 heteroatoms. The molecular formula is C16H24N4O2. The summed E-state index contributed by atoms with van der Waals surface area (Å²) in [6.07, 6.45) is 6.05. The van der Waals surface area contributed by atoms with Crippen molar-refractivity contribution in [2.24, 2.45) is 11.8 Å². The van der Waals surface area contributed by atoms with E-state index >= 15 is 0 Å². The summed E-state index contributed by atoms with van der Waals surface area (Å²) >= 11 is 0. The predicted molar refractivity (Wildman–Crippen MR) is 81.5 cm³/mol. The maximum atomic E-state index is 12.2. The normalized spacial score (nSPS) is 31.3. The molecule has 4 rings (SSSR count). The maximum Gasteiger partial charge on any atom is 0.266 e. The second-order valence-corrected chi connectivity index (χ2v) is 7.01. The Morgan fingerprint density at radius 3 is 3.09 bits per heavy atom. The number of amides is 1. The molecule has 3 fully saturated rings. The Balaban J connectivity index is 1.51. The van der Waals surface area contributed by atoms with Crippen LogP contribution in [0.1, 0.15) is 44.9 Å². The quantitative estimate of drug-likeness (QED) is 0.853. The molecule has 3 saturated heterocycles. The molecule has 3 aliphatic heterocycles. The van der Waals surface area contributed by atoms with Gasteiger partial charge in [-0.15, -0.1) is 0 Å². The van der Waals surface area contributed by atoms with E-state index in [0.717, 1.165) is 63.6 Å². The Kier molecular flexibility index (Phi) is 3.54. The molecule has 0 saturated carbocycles. The van der Waals surface area contributed by atoms with Crippen molar-refractivity contribution >= 4 is 11.9 Å². The number of anilines is 1. The topological polar surface area (TPSA) is 62.5 Å². The summed E-state index contributed by atoms with van der Waals surface area (Å²) in [7, 11) is 0. The number of nitrogens with zero attached hydrogens (tertiary/aromatic N) is 4. The van der Waals surface area contributed by atoms with E-state index in [2.05, 4.69) is 26.9 Å². The molecule has 120 valence electrons. The minimum Gasteiger partial charge on any atom is -0.339 e. The highest BCUT2D eigenvalue weighted by atomic mass is 16.5. The van der Waals surface area contributed by atoms with Crippen molar-refractivity contribution in [3.05, 3.63) is 5.89 Å². The van der Waals surface area contributed by atoms with Crippen LogP contribution in [-0.4, -0.2) is 46.6 Å². The molecule has 0 aliphatic carbocycles. The van der Waals surface area contributed by atoms with Gasteiger partial charge in [0.25, 0.3) is 5.95 Å². The van der Waals surface area contributed by atoms with Crippen molar-refractivity contribution in [1.82, 2.24) is 15.0 Å². The molecule has 22 heavy (non-hydrogen) atoms. The highest BCUT2D eigenvalue weighted by Gasteiger charge is 2.44. The second kappa shape index (κ2) is 5.56. The van der Waals surface area contributed by atoms with E-state index in [1.807, 2.05) is 0 Å². The van der Waals surface area contributed by atoms with Gasteiger partial charge in [0.15, 0.2) is 0 Å². The molecule has 4 heterocycles. The van der Waals surface area contributed by atoms with Crippen LogP contribution in [0.2, 0.25) is 0 Å². The molecule has 1 amide bonds. The Morgan fingerprint density at radius 1 is 1.32 bits per heavy atom. The van der Waals surface area contributed by atoms with Gasteiger partial charge in [0.2, 0.25) is 11.8 Å². The zero-order chi connectivity index (χ0) is 15.1. The van der Waals surface area contributed by atoms with Crippen LogP contribution in [0.5, 0.6) is 0 Å². The van der Waals surface area contributed by atoms with Gasteiger partial charge in [-0.2, -0.15) is 4.98 Å². The Hall–Kier alpha value is -1.59. The van der Waals surface area contributed by atoms with E-state index < -0.39 is 0 Å². The fourth-order valence-electron chi connectivity index (χ4n) is 4.46. The smallest absolute Gasteiger partial charge is 0.266 e. The van der Waals surface area contributed by atoms with Crippen LogP contribution in [-0.2, 0) is 11.2 Å². The first-order valence-electron chi connectivity index (χ1n) is 8.61. The van der Waals surface area contributed by atoms with Crippen LogP contribution in [0, 0.1) is 11.8 Å². The minimum atomic E-state index is 0.365. The molecular weight excluding hydrogens is 280 g/mol. The third-order valence-corrected chi connectivity index (χ3v) is 5.38. The summed E-state index contributed by atoms with van der Waals surface area (Å²) in [6.45, 7) is 4.92. The molecule has 1 aromatic heterocycles. The van der Waals surface area contributed by atoms with E-state index in [-0.39, 0.29) is 0 Å². The fourth-order valence-corrected chi connectivity index (χ4v) is 4.46. The van der Waals surface area contributed by atoms with Crippen molar-refractivity contribution in [1.29, 1.82) is 0 Å². The predicted octanol–water partition coefficient (Wildman–Crippen LogP) is 1.86. The Morgan fingerprint density at radius 2 is 2.23 bits per heavy atom. The summed E-state index contributed by atoms with van der Waals surface area (Å²) in [5, 5.41) is 4.16. The summed E-state index contributed by atoms with van der Waals surface area (Å²) in [4.78, 5) is 21.1. The highest BCUT2D eigenvalue weighted by Crippen LogP contribution is 2.38. The van der Waals surface area contributed by atoms with Crippen molar-refractivity contribution in [3.63, 3.8) is 0 Å². The lowest BCUT2D eigenvalue weighted by molar-refractivity contribution is -0.142. The first-order chi connectivity index (χ1) is 10.7. The summed E-state index contributed by atoms with van der Waals surface area (Å²) in [6, 6.07) is 0.433. The van der Waals surface area contributed by atoms with Gasteiger partial charge in [0.05, 0.1) is 0 Å². The van der Waals surface area contributed by atoms with E-state index in [1.165, 1.54) is 6.42 Å². The Labute approximate surface area is 130 Å². The standard InChI is InChI=1S/C16H24N4O2/c1-2-4-14-17-16(18-22-14)19-8-11-7-12(10-19)13-5-3-6-15(21)20(13)9-11/h11-13H,2-10H2,1H3/t11-,12-,13+/m1/s1. The van der Waals surface area contributed by atoms with E-state index in [0.29, 0.717) is 23.8 Å². The average Bonchev–Trinajstić information content (AvgIpc) is 2.97. The van der Waals surface area contributed by atoms with Gasteiger partial charge in [-0.1, -0.05) is 6.92 Å². The summed E-state index contributed by atoms with van der Waals surface area (Å²) in [5.41, 5.74) is 0. The van der Waals surface area contributed by atoms with Crippen molar-refractivity contribution in [3.8, 4) is 0 Å². The molecule has 0 N–H and O–H groups in total. The van der Waals surface area contributed by atoms with Crippen molar-refractivity contribution in [2.45, 2.75) is 51.5 Å². The number of hydrogen-bond donors (Lipinski definition) is 0. The van der Waals surface area contributed by atoms with Gasteiger partial charge in [-0.25, -0.2) is 0 Å². The molecule has 3 atom stereocenters. The lowest BCUT2D eigenvalue weighted by Gasteiger charge is -2.52. The number of carbonyl (C=O) groups is 1. The van der Waals surface area contributed by atoms with Crippen LogP contribution in [0.15, 0.2) is 4.52 Å². The van der Waals surface area contributed by atoms with Crippen molar-refractivity contribution in [2.75, 3.05) is 24.5 Å². The highest BCUT2D eigenvalue weighted by molar-refractivity contribution is 5.77. The fraction of sp³-hybridized carbons (Fsp3) is 0.812. The minimum absolute atomic E-state index is 0.365. The molecule has 0 aromatic carbocycles. The average molecular weight is 304 g/mol. The van der Waals surface area contributed by atoms with Crippen LogP contribution in [0.25, 0.3) is 0 Å². The molecule has 0 spiro atoms. The molecule has 6 nitrogen and oxygen atoms in total. The van der Waals surface area contributed by atoms with Crippen LogP contribution < -0.4 is 4.90 Å². The zero-order valence-corrected chi connectivity index (χ0v) is 13.2. The lowest BCUT2D eigenvalue weighted by Crippen LogP contribution is -2.60. The third kappa shape index (κ3) is 2.38. The van der Waals surface area contributed by atoms with Crippen molar-refractivity contribution < 1.29 is 9.32 Å². The van der Waals surface area contributed by atoms with E-state index in [1.54, 1.807) is 0 Å². The van der Waals surface area contributed by atoms with Gasteiger partial charge >= 0.3 is 0 Å². The largest absolute Gasteiger partial charge is 0.339 e. The molecule has 2 bridgehead atoms. The summed E-state index contributed by atoms with van der Waals surface area (Å²) < 4.78 is 5.34. The number of rotatable bonds is 3. The van der Waals surface area contributed by atoms with Gasteiger partial charge in [-0.3, -0.25) is 4.79 Å². The molecule has 0 unspecified atom stereocenters. The number of aryl methyl sites for hydroxylation is 1. The number of hydrogen-bond acceptors (Lipinski definition) is 5. The monoisotopic (exact) mass is 304 g/mol. The number of carbonyl (C=O) groups excluding carboxylic acids is 1. The second-order valence-electron chi connectivity index (χ2n) is 7.01. The number of fused-ring (bicyclic) bond motifs is 4. The Bertz CT molecular complexity index is 558. The van der Waals surface area contributed by atoms with Gasteiger partial charge in [0.1, 0.15) is 0 Å². The molecule has 0 radical (unpaired) electrons. The van der Waals surface area contributed by atoms with Gasteiger partial charge in [-0.05, 0) is 42.7 Å². The van der Waals surface area contributed by atoms with Gasteiger partial charge < -0.3 is 14.3 Å². The number of aromatic nitrogens is 2. The summed E-state index contributed by atoms with van der Waals surface area (Å²) in [5.74, 6) is 2.95. The third-order valence-electron chi connectivity index (χ3n) is 5.38. The zero-order valence-electron chi connectivity index (χ0n) is 13.2. The number of piperidine rings is 3. The van der Waals surface area contributed by atoms with Gasteiger partial charge in [0, 0.05) is 38.5 Å². The van der Waals surface area contributed by atoms with E-state index in [4.69, 9.17) is 4.52 Å². The van der Waals surface area contributed by atoms with E-state index in [9.17, 15) is 4.79 Å². The molecule has 1 aromatic rings. The lowest BCUT2D eigenvalue weighted by atomic mass is 9.76. The molecule has 3 aliphatic rings. The first kappa shape index (κ1) is 14.0. The van der Waals surface area contributed by atoms with Crippen LogP contribution >= 0.6 is 0 Å². The van der Waals surface area contributed by atoms with Crippen LogP contribution in [0.3, 0.4) is 0 Å². The van der Waals surface area contributed by atoms with Crippen LogP contribution in [0.4, 0.5) is 5.95 Å².